The van der Waals surface area contributed by atoms with Crippen LogP contribution in [0, 0.1) is 10.1 Å². The first kappa shape index (κ1) is 19.5. The van der Waals surface area contributed by atoms with E-state index in [1.165, 1.54) is 30.1 Å². The highest BCUT2D eigenvalue weighted by Gasteiger charge is 2.13. The number of nitro benzene ring substituents is 1. The van der Waals surface area contributed by atoms with E-state index in [1.807, 2.05) is 6.07 Å². The van der Waals surface area contributed by atoms with Crippen molar-refractivity contribution in [2.75, 3.05) is 14.2 Å². The lowest BCUT2D eigenvalue weighted by atomic mass is 10.2. The summed E-state index contributed by atoms with van der Waals surface area (Å²) < 4.78 is 10.6. The molecule has 0 fully saturated rings. The van der Waals surface area contributed by atoms with E-state index in [-0.39, 0.29) is 10.8 Å². The first-order valence-electron chi connectivity index (χ1n) is 7.21. The van der Waals surface area contributed by atoms with Gasteiger partial charge in [-0.05, 0) is 36.5 Å². The molecule has 8 nitrogen and oxygen atoms in total. The molecule has 0 aliphatic carbocycles. The van der Waals surface area contributed by atoms with Crippen LogP contribution in [0.2, 0.25) is 0 Å². The van der Waals surface area contributed by atoms with Gasteiger partial charge in [-0.2, -0.15) is 5.10 Å². The standard InChI is InChI=1S/C16H16N4O4S2/c1-23-12-4-5-13(24-2)15(8-12)26-14-6-3-11(20(21)22)7-10(14)9-18-19-16(17)25/h3-9H,1-2H3,(H3,17,19,25). The molecule has 0 unspecified atom stereocenters. The minimum absolute atomic E-state index is 0.00431. The monoisotopic (exact) mass is 392 g/mol. The number of nitrogens with zero attached hydrogens (tertiary/aromatic N) is 2. The minimum Gasteiger partial charge on any atom is -0.497 e. The zero-order valence-electron chi connectivity index (χ0n) is 14.0. The van der Waals surface area contributed by atoms with Crippen LogP contribution in [0.4, 0.5) is 5.69 Å². The van der Waals surface area contributed by atoms with Gasteiger partial charge in [-0.1, -0.05) is 11.8 Å². The van der Waals surface area contributed by atoms with E-state index in [4.69, 9.17) is 15.2 Å². The minimum atomic E-state index is -0.473. The summed E-state index contributed by atoms with van der Waals surface area (Å²) in [5, 5.41) is 14.9. The third-order valence-electron chi connectivity index (χ3n) is 3.17. The molecule has 26 heavy (non-hydrogen) atoms. The highest BCUT2D eigenvalue weighted by atomic mass is 32.2. The van der Waals surface area contributed by atoms with E-state index in [0.29, 0.717) is 17.1 Å². The van der Waals surface area contributed by atoms with Crippen LogP contribution in [0.5, 0.6) is 11.5 Å². The maximum absolute atomic E-state index is 11.1. The summed E-state index contributed by atoms with van der Waals surface area (Å²) >= 11 is 6.05. The molecular weight excluding hydrogens is 376 g/mol. The molecule has 0 aromatic heterocycles. The summed E-state index contributed by atoms with van der Waals surface area (Å²) in [7, 11) is 3.14. The third-order valence-corrected chi connectivity index (χ3v) is 4.40. The molecule has 0 aliphatic heterocycles. The SMILES string of the molecule is COc1ccc(OC)c(Sc2ccc([N+](=O)[O-])cc2C=NNC(N)=S)c1. The van der Waals surface area contributed by atoms with Gasteiger partial charge in [0, 0.05) is 22.6 Å². The summed E-state index contributed by atoms with van der Waals surface area (Å²) in [4.78, 5) is 12.1. The number of non-ortho nitro benzene ring substituents is 1. The number of ether oxygens (including phenoxy) is 2. The molecule has 2 aromatic carbocycles. The second-order valence-corrected chi connectivity index (χ2v) is 6.36. The molecule has 0 saturated carbocycles. The Bertz CT molecular complexity index is 858. The lowest BCUT2D eigenvalue weighted by molar-refractivity contribution is -0.384. The molecular formula is C16H16N4O4S2. The van der Waals surface area contributed by atoms with Crippen LogP contribution >= 0.6 is 24.0 Å². The predicted octanol–water partition coefficient (Wildman–Crippen LogP) is 2.93. The molecule has 0 aliphatic rings. The van der Waals surface area contributed by atoms with Gasteiger partial charge in [0.2, 0.25) is 0 Å². The highest BCUT2D eigenvalue weighted by Crippen LogP contribution is 2.39. The number of methoxy groups -OCH3 is 2. The molecule has 10 heteroatoms. The average molecular weight is 392 g/mol. The van der Waals surface area contributed by atoms with Crippen molar-refractivity contribution in [3.05, 3.63) is 52.1 Å². The molecule has 2 aromatic rings. The largest absolute Gasteiger partial charge is 0.497 e. The van der Waals surface area contributed by atoms with Gasteiger partial charge < -0.3 is 15.2 Å². The van der Waals surface area contributed by atoms with Crippen molar-refractivity contribution in [3.8, 4) is 11.5 Å². The van der Waals surface area contributed by atoms with Crippen LogP contribution < -0.4 is 20.6 Å². The summed E-state index contributed by atoms with van der Waals surface area (Å²) in [5.74, 6) is 1.32. The van der Waals surface area contributed by atoms with E-state index < -0.39 is 4.92 Å². The Morgan fingerprint density at radius 2 is 2.04 bits per heavy atom. The van der Waals surface area contributed by atoms with Gasteiger partial charge in [0.05, 0.1) is 30.3 Å². The molecule has 0 bridgehead atoms. The number of hydrogen-bond donors (Lipinski definition) is 2. The van der Waals surface area contributed by atoms with Gasteiger partial charge in [0.25, 0.3) is 5.69 Å². The second kappa shape index (κ2) is 9.02. The van der Waals surface area contributed by atoms with Gasteiger partial charge >= 0.3 is 0 Å². The Morgan fingerprint density at radius 3 is 2.65 bits per heavy atom. The Hall–Kier alpha value is -2.85. The smallest absolute Gasteiger partial charge is 0.270 e. The van der Waals surface area contributed by atoms with Gasteiger partial charge in [0.1, 0.15) is 11.5 Å². The fourth-order valence-corrected chi connectivity index (χ4v) is 3.07. The van der Waals surface area contributed by atoms with Crippen molar-refractivity contribution >= 4 is 41.0 Å². The molecule has 2 rings (SSSR count). The van der Waals surface area contributed by atoms with Crippen molar-refractivity contribution in [1.82, 2.24) is 5.43 Å². The summed E-state index contributed by atoms with van der Waals surface area (Å²) in [6.07, 6.45) is 1.42. The third kappa shape index (κ3) is 5.07. The van der Waals surface area contributed by atoms with E-state index in [0.717, 1.165) is 9.79 Å². The van der Waals surface area contributed by atoms with Crippen LogP contribution in [-0.4, -0.2) is 30.5 Å². The van der Waals surface area contributed by atoms with Crippen molar-refractivity contribution < 1.29 is 14.4 Å². The number of hydrogen-bond acceptors (Lipinski definition) is 7. The lowest BCUT2D eigenvalue weighted by Gasteiger charge is -2.11. The second-order valence-electron chi connectivity index (χ2n) is 4.83. The van der Waals surface area contributed by atoms with E-state index in [9.17, 15) is 10.1 Å². The molecule has 3 N–H and O–H groups in total. The maximum atomic E-state index is 11.1. The summed E-state index contributed by atoms with van der Waals surface area (Å²) in [5.41, 5.74) is 8.23. The van der Waals surface area contributed by atoms with Crippen molar-refractivity contribution in [2.45, 2.75) is 9.79 Å². The van der Waals surface area contributed by atoms with Crippen molar-refractivity contribution in [3.63, 3.8) is 0 Å². The number of nitrogens with one attached hydrogen (secondary N) is 1. The number of thiocarbonyl (C=S) groups is 1. The Morgan fingerprint density at radius 1 is 1.27 bits per heavy atom. The van der Waals surface area contributed by atoms with Gasteiger partial charge in [-0.25, -0.2) is 0 Å². The number of nitro groups is 1. The van der Waals surface area contributed by atoms with Crippen LogP contribution in [0.25, 0.3) is 0 Å². The Labute approximate surface area is 159 Å². The van der Waals surface area contributed by atoms with E-state index in [1.54, 1.807) is 32.4 Å². The Kier molecular flexibility index (Phi) is 6.75. The fourth-order valence-electron chi connectivity index (χ4n) is 1.99. The number of nitrogens with two attached hydrogens (primary N) is 1. The van der Waals surface area contributed by atoms with Crippen LogP contribution in [-0.2, 0) is 0 Å². The molecule has 0 saturated heterocycles. The van der Waals surface area contributed by atoms with Crippen molar-refractivity contribution in [2.24, 2.45) is 10.8 Å². The van der Waals surface area contributed by atoms with Gasteiger partial charge in [-0.3, -0.25) is 15.5 Å². The molecule has 0 atom stereocenters. The van der Waals surface area contributed by atoms with E-state index in [2.05, 4.69) is 22.7 Å². The molecule has 0 heterocycles. The topological polar surface area (TPSA) is 112 Å². The number of benzene rings is 2. The number of hydrazone groups is 1. The van der Waals surface area contributed by atoms with Gasteiger partial charge in [-0.15, -0.1) is 0 Å². The quantitative estimate of drug-likeness (QED) is 0.320. The first-order chi connectivity index (χ1) is 12.4. The molecule has 0 radical (unpaired) electrons. The fraction of sp³-hybridized carbons (Fsp3) is 0.125. The highest BCUT2D eigenvalue weighted by molar-refractivity contribution is 7.99. The average Bonchev–Trinajstić information content (AvgIpc) is 2.62. The predicted molar refractivity (Wildman–Crippen MR) is 104 cm³/mol. The molecule has 0 spiro atoms. The molecule has 0 amide bonds. The van der Waals surface area contributed by atoms with Crippen molar-refractivity contribution in [1.29, 1.82) is 0 Å². The van der Waals surface area contributed by atoms with Crippen LogP contribution in [0.3, 0.4) is 0 Å². The van der Waals surface area contributed by atoms with E-state index >= 15 is 0 Å². The zero-order chi connectivity index (χ0) is 19.1. The number of rotatable bonds is 7. The normalized spacial score (nSPS) is 10.5. The maximum Gasteiger partial charge on any atom is 0.270 e. The summed E-state index contributed by atoms with van der Waals surface area (Å²) in [6.45, 7) is 0. The molecule has 136 valence electrons. The van der Waals surface area contributed by atoms with Crippen LogP contribution in [0.15, 0.2) is 51.3 Å². The lowest BCUT2D eigenvalue weighted by Crippen LogP contribution is -2.24. The van der Waals surface area contributed by atoms with Crippen LogP contribution in [0.1, 0.15) is 5.56 Å². The Balaban J connectivity index is 2.43. The summed E-state index contributed by atoms with van der Waals surface area (Å²) in [6, 6.07) is 9.87. The van der Waals surface area contributed by atoms with Gasteiger partial charge in [0.15, 0.2) is 5.11 Å². The first-order valence-corrected chi connectivity index (χ1v) is 8.44. The zero-order valence-corrected chi connectivity index (χ0v) is 15.6.